The zero-order chi connectivity index (χ0) is 24.5. The molecular weight excluding hydrogens is 450 g/mol. The summed E-state index contributed by atoms with van der Waals surface area (Å²) in [7, 11) is 0. The minimum absolute atomic E-state index is 0.0964. The van der Waals surface area contributed by atoms with Crippen molar-refractivity contribution >= 4 is 40.9 Å². The molecule has 3 aromatic carbocycles. The fourth-order valence-electron chi connectivity index (χ4n) is 2.94. The largest absolute Gasteiger partial charge is 0.449 e. The molecule has 0 radical (unpaired) electrons. The summed E-state index contributed by atoms with van der Waals surface area (Å²) in [6.07, 6.45) is -1.10. The fraction of sp³-hybridized carbons (Fsp3) is 0.154. The molecule has 0 aromatic heterocycles. The Morgan fingerprint density at radius 3 is 2.38 bits per heavy atom. The van der Waals surface area contributed by atoms with Crippen LogP contribution in [0.5, 0.6) is 0 Å². The average molecular weight is 474 g/mol. The molecule has 0 aliphatic heterocycles. The highest BCUT2D eigenvalue weighted by Gasteiger charge is 2.22. The summed E-state index contributed by atoms with van der Waals surface area (Å²) in [4.78, 5) is 38.1. The number of esters is 1. The van der Waals surface area contributed by atoms with Crippen molar-refractivity contribution in [2.45, 2.75) is 24.8 Å². The van der Waals surface area contributed by atoms with Crippen LogP contribution in [0.4, 0.5) is 11.4 Å². The lowest BCUT2D eigenvalue weighted by Gasteiger charge is -2.15. The van der Waals surface area contributed by atoms with Crippen molar-refractivity contribution in [2.24, 2.45) is 0 Å². The van der Waals surface area contributed by atoms with E-state index in [1.54, 1.807) is 48.5 Å². The number of anilines is 2. The molecule has 2 N–H and O–H groups in total. The van der Waals surface area contributed by atoms with Gasteiger partial charge in [0.2, 0.25) is 5.91 Å². The van der Waals surface area contributed by atoms with E-state index in [1.807, 2.05) is 37.3 Å². The third kappa shape index (κ3) is 6.70. The van der Waals surface area contributed by atoms with Gasteiger partial charge in [0.25, 0.3) is 5.91 Å². The van der Waals surface area contributed by atoms with Crippen LogP contribution < -0.4 is 10.6 Å². The van der Waals surface area contributed by atoms with Gasteiger partial charge in [-0.25, -0.2) is 4.79 Å². The second kappa shape index (κ2) is 11.7. The number of carbonyl (C=O) groups is 3. The lowest BCUT2D eigenvalue weighted by molar-refractivity contribution is -0.123. The van der Waals surface area contributed by atoms with E-state index in [0.29, 0.717) is 21.8 Å². The Bertz CT molecular complexity index is 1240. The van der Waals surface area contributed by atoms with Gasteiger partial charge in [0.1, 0.15) is 6.07 Å². The van der Waals surface area contributed by atoms with E-state index in [4.69, 9.17) is 10.00 Å². The number of amides is 2. The highest BCUT2D eigenvalue weighted by Crippen LogP contribution is 2.24. The van der Waals surface area contributed by atoms with E-state index < -0.39 is 18.0 Å². The molecule has 0 saturated carbocycles. The maximum Gasteiger partial charge on any atom is 0.340 e. The molecule has 0 aliphatic carbocycles. The van der Waals surface area contributed by atoms with Crippen molar-refractivity contribution in [3.63, 3.8) is 0 Å². The molecule has 0 bridgehead atoms. The number of ether oxygens (including phenoxy) is 1. The van der Waals surface area contributed by atoms with Crippen molar-refractivity contribution in [3.8, 4) is 6.07 Å². The highest BCUT2D eigenvalue weighted by molar-refractivity contribution is 8.00. The van der Waals surface area contributed by atoms with Gasteiger partial charge in [0.15, 0.2) is 6.10 Å². The fourth-order valence-corrected chi connectivity index (χ4v) is 3.78. The molecule has 172 valence electrons. The average Bonchev–Trinajstić information content (AvgIpc) is 2.84. The normalized spacial score (nSPS) is 11.1. The minimum Gasteiger partial charge on any atom is -0.449 e. The van der Waals surface area contributed by atoms with Crippen molar-refractivity contribution in [1.82, 2.24) is 0 Å². The van der Waals surface area contributed by atoms with Crippen LogP contribution in [-0.2, 0) is 14.3 Å². The predicted octanol–water partition coefficient (Wildman–Crippen LogP) is 4.78. The van der Waals surface area contributed by atoms with E-state index in [-0.39, 0.29) is 17.2 Å². The first-order chi connectivity index (χ1) is 16.4. The molecular formula is C26H23N3O4S. The molecule has 0 spiro atoms. The lowest BCUT2D eigenvalue weighted by Crippen LogP contribution is -2.30. The number of nitrogens with one attached hydrogen (secondary N) is 2. The molecule has 1 unspecified atom stereocenters. The van der Waals surface area contributed by atoms with E-state index in [9.17, 15) is 14.4 Å². The number of thioether (sulfide) groups is 1. The van der Waals surface area contributed by atoms with Gasteiger partial charge in [-0.1, -0.05) is 42.0 Å². The maximum atomic E-state index is 12.8. The molecule has 34 heavy (non-hydrogen) atoms. The van der Waals surface area contributed by atoms with E-state index in [0.717, 1.165) is 5.56 Å². The third-order valence-electron chi connectivity index (χ3n) is 4.76. The van der Waals surface area contributed by atoms with Crippen molar-refractivity contribution in [3.05, 3.63) is 89.5 Å². The topological polar surface area (TPSA) is 108 Å². The summed E-state index contributed by atoms with van der Waals surface area (Å²) < 4.78 is 5.35. The first kappa shape index (κ1) is 24.6. The summed E-state index contributed by atoms with van der Waals surface area (Å²) in [5, 5.41) is 14.6. The Hall–Kier alpha value is -4.09. The van der Waals surface area contributed by atoms with Crippen LogP contribution >= 0.6 is 11.8 Å². The molecule has 0 aliphatic rings. The Morgan fingerprint density at radius 1 is 0.971 bits per heavy atom. The number of nitrogens with zero attached hydrogens (tertiary/aromatic N) is 1. The Labute approximate surface area is 202 Å². The van der Waals surface area contributed by atoms with Gasteiger partial charge in [-0.2, -0.15) is 5.26 Å². The quantitative estimate of drug-likeness (QED) is 0.360. The summed E-state index contributed by atoms with van der Waals surface area (Å²) in [5.41, 5.74) is 2.69. The lowest BCUT2D eigenvalue weighted by atomic mass is 10.2. The Kier molecular flexibility index (Phi) is 8.43. The molecule has 8 heteroatoms. The van der Waals surface area contributed by atoms with Crippen LogP contribution in [-0.4, -0.2) is 29.6 Å². The Balaban J connectivity index is 1.59. The van der Waals surface area contributed by atoms with Crippen LogP contribution in [0.1, 0.15) is 28.4 Å². The van der Waals surface area contributed by atoms with Gasteiger partial charge in [0, 0.05) is 10.6 Å². The first-order valence-corrected chi connectivity index (χ1v) is 11.4. The third-order valence-corrected chi connectivity index (χ3v) is 5.83. The number of benzene rings is 3. The van der Waals surface area contributed by atoms with Gasteiger partial charge in [-0.15, -0.1) is 11.8 Å². The Morgan fingerprint density at radius 2 is 1.65 bits per heavy atom. The van der Waals surface area contributed by atoms with E-state index in [1.165, 1.54) is 18.7 Å². The number of aryl methyl sites for hydroxylation is 1. The van der Waals surface area contributed by atoms with Crippen LogP contribution in [0.15, 0.2) is 77.7 Å². The summed E-state index contributed by atoms with van der Waals surface area (Å²) >= 11 is 1.20. The number of hydrogen-bond acceptors (Lipinski definition) is 6. The molecule has 3 rings (SSSR count). The van der Waals surface area contributed by atoms with Gasteiger partial charge in [-0.05, 0) is 50.2 Å². The summed E-state index contributed by atoms with van der Waals surface area (Å²) in [6, 6.07) is 22.7. The molecule has 2 amide bonds. The van der Waals surface area contributed by atoms with Gasteiger partial charge >= 0.3 is 5.97 Å². The standard InChI is InChI=1S/C26H23N3O4S/c1-17-11-13-20(14-12-17)28-24(30)16-34-23-10-6-4-8-21(23)26(32)33-18(2)25(31)29-22-9-5-3-7-19(22)15-27/h3-14,18H,16H2,1-2H3,(H,28,30)(H,29,31). The molecule has 3 aromatic rings. The van der Waals surface area contributed by atoms with Gasteiger partial charge in [0.05, 0.1) is 22.6 Å². The van der Waals surface area contributed by atoms with Crippen LogP contribution in [0.2, 0.25) is 0 Å². The van der Waals surface area contributed by atoms with Crippen molar-refractivity contribution in [1.29, 1.82) is 5.26 Å². The van der Waals surface area contributed by atoms with E-state index in [2.05, 4.69) is 10.6 Å². The van der Waals surface area contributed by atoms with Crippen LogP contribution in [0.3, 0.4) is 0 Å². The predicted molar refractivity (Wildman–Crippen MR) is 132 cm³/mol. The second-order valence-corrected chi connectivity index (χ2v) is 8.41. The van der Waals surface area contributed by atoms with Gasteiger partial charge < -0.3 is 15.4 Å². The second-order valence-electron chi connectivity index (χ2n) is 7.39. The van der Waals surface area contributed by atoms with Crippen molar-refractivity contribution in [2.75, 3.05) is 16.4 Å². The summed E-state index contributed by atoms with van der Waals surface area (Å²) in [5.74, 6) is -1.35. The van der Waals surface area contributed by atoms with Gasteiger partial charge in [-0.3, -0.25) is 9.59 Å². The molecule has 0 fully saturated rings. The number of rotatable bonds is 8. The minimum atomic E-state index is -1.10. The molecule has 0 saturated heterocycles. The van der Waals surface area contributed by atoms with Crippen LogP contribution in [0, 0.1) is 18.3 Å². The van der Waals surface area contributed by atoms with Crippen molar-refractivity contribution < 1.29 is 19.1 Å². The number of para-hydroxylation sites is 1. The monoisotopic (exact) mass is 473 g/mol. The number of hydrogen-bond donors (Lipinski definition) is 2. The zero-order valence-electron chi connectivity index (χ0n) is 18.7. The smallest absolute Gasteiger partial charge is 0.340 e. The summed E-state index contributed by atoms with van der Waals surface area (Å²) in [6.45, 7) is 3.42. The SMILES string of the molecule is Cc1ccc(NC(=O)CSc2ccccc2C(=O)OC(C)C(=O)Nc2ccccc2C#N)cc1. The first-order valence-electron chi connectivity index (χ1n) is 10.5. The maximum absolute atomic E-state index is 12.8. The number of carbonyl (C=O) groups excluding carboxylic acids is 3. The highest BCUT2D eigenvalue weighted by atomic mass is 32.2. The zero-order valence-corrected chi connectivity index (χ0v) is 19.5. The van der Waals surface area contributed by atoms with E-state index >= 15 is 0 Å². The number of nitriles is 1. The molecule has 7 nitrogen and oxygen atoms in total. The van der Waals surface area contributed by atoms with Crippen LogP contribution in [0.25, 0.3) is 0 Å². The molecule has 0 heterocycles. The molecule has 1 atom stereocenters.